The summed E-state index contributed by atoms with van der Waals surface area (Å²) < 4.78 is 1.69. The maximum absolute atomic E-state index is 12.5. The number of amides is 1. The van der Waals surface area contributed by atoms with Gasteiger partial charge in [0.2, 0.25) is 0 Å². The third kappa shape index (κ3) is 4.48. The second kappa shape index (κ2) is 7.98. The summed E-state index contributed by atoms with van der Waals surface area (Å²) in [5.41, 5.74) is 1.52. The van der Waals surface area contributed by atoms with Crippen molar-refractivity contribution in [2.75, 3.05) is 0 Å². The lowest BCUT2D eigenvalue weighted by Crippen LogP contribution is -2.35. The molecule has 2 aromatic heterocycles. The Hall–Kier alpha value is -2.61. The lowest BCUT2D eigenvalue weighted by molar-refractivity contribution is 0.0936. The molecule has 0 fully saturated rings. The van der Waals surface area contributed by atoms with E-state index < -0.39 is 0 Å². The SMILES string of the molecule is CCCc1nnc(-c2cccc(C(=O)N[C@@H](C)Cn3cncn3)c2)s1. The van der Waals surface area contributed by atoms with Crippen molar-refractivity contribution >= 4 is 17.2 Å². The molecule has 0 spiro atoms. The minimum absolute atomic E-state index is 0.0597. The molecule has 1 atom stereocenters. The number of hydrogen-bond acceptors (Lipinski definition) is 6. The van der Waals surface area contributed by atoms with Gasteiger partial charge in [0, 0.05) is 23.6 Å². The van der Waals surface area contributed by atoms with Crippen molar-refractivity contribution in [1.29, 1.82) is 0 Å². The molecule has 0 saturated carbocycles. The van der Waals surface area contributed by atoms with Crippen LogP contribution >= 0.6 is 11.3 Å². The molecular weight excluding hydrogens is 336 g/mol. The number of aromatic nitrogens is 5. The summed E-state index contributed by atoms with van der Waals surface area (Å²) in [6.07, 6.45) is 5.08. The lowest BCUT2D eigenvalue weighted by Gasteiger charge is -2.13. The van der Waals surface area contributed by atoms with Crippen LogP contribution in [0.25, 0.3) is 10.6 Å². The quantitative estimate of drug-likeness (QED) is 0.703. The zero-order chi connectivity index (χ0) is 17.6. The highest BCUT2D eigenvalue weighted by molar-refractivity contribution is 7.14. The molecule has 3 aromatic rings. The molecular formula is C17H20N6OS. The summed E-state index contributed by atoms with van der Waals surface area (Å²) in [5, 5.41) is 17.3. The minimum atomic E-state index is -0.118. The third-order valence-electron chi connectivity index (χ3n) is 3.61. The highest BCUT2D eigenvalue weighted by Gasteiger charge is 2.13. The molecule has 1 amide bonds. The van der Waals surface area contributed by atoms with Crippen molar-refractivity contribution in [1.82, 2.24) is 30.3 Å². The monoisotopic (exact) mass is 356 g/mol. The molecule has 8 heteroatoms. The Morgan fingerprint density at radius 2 is 2.24 bits per heavy atom. The van der Waals surface area contributed by atoms with E-state index in [0.717, 1.165) is 28.4 Å². The number of carbonyl (C=O) groups excluding carboxylic acids is 1. The number of rotatable bonds is 7. The van der Waals surface area contributed by atoms with E-state index >= 15 is 0 Å². The van der Waals surface area contributed by atoms with E-state index in [0.29, 0.717) is 12.1 Å². The predicted molar refractivity (Wildman–Crippen MR) is 96.3 cm³/mol. The average Bonchev–Trinajstić information content (AvgIpc) is 3.27. The van der Waals surface area contributed by atoms with Crippen LogP contribution in [0.1, 0.15) is 35.6 Å². The molecule has 0 aliphatic heterocycles. The molecule has 2 heterocycles. The van der Waals surface area contributed by atoms with Gasteiger partial charge in [-0.1, -0.05) is 30.4 Å². The van der Waals surface area contributed by atoms with Gasteiger partial charge in [-0.15, -0.1) is 10.2 Å². The topological polar surface area (TPSA) is 85.6 Å². The molecule has 0 radical (unpaired) electrons. The van der Waals surface area contributed by atoms with Gasteiger partial charge in [-0.25, -0.2) is 4.98 Å². The summed E-state index contributed by atoms with van der Waals surface area (Å²) in [6.45, 7) is 4.62. The van der Waals surface area contributed by atoms with Crippen LogP contribution in [0, 0.1) is 0 Å². The van der Waals surface area contributed by atoms with Gasteiger partial charge in [0.1, 0.15) is 22.7 Å². The zero-order valence-corrected chi connectivity index (χ0v) is 15.0. The average molecular weight is 356 g/mol. The first-order chi connectivity index (χ1) is 12.2. The van der Waals surface area contributed by atoms with E-state index in [1.165, 1.54) is 6.33 Å². The normalized spacial score (nSPS) is 12.1. The third-order valence-corrected chi connectivity index (χ3v) is 4.64. The molecule has 1 N–H and O–H groups in total. The van der Waals surface area contributed by atoms with E-state index in [1.807, 2.05) is 25.1 Å². The first-order valence-electron chi connectivity index (χ1n) is 8.21. The molecule has 0 unspecified atom stereocenters. The summed E-state index contributed by atoms with van der Waals surface area (Å²) in [7, 11) is 0. The fourth-order valence-electron chi connectivity index (χ4n) is 2.44. The minimum Gasteiger partial charge on any atom is -0.348 e. The fourth-order valence-corrected chi connectivity index (χ4v) is 3.38. The summed E-state index contributed by atoms with van der Waals surface area (Å²) in [6, 6.07) is 7.41. The van der Waals surface area contributed by atoms with Gasteiger partial charge >= 0.3 is 0 Å². The molecule has 130 valence electrons. The second-order valence-electron chi connectivity index (χ2n) is 5.82. The van der Waals surface area contributed by atoms with Gasteiger partial charge in [-0.2, -0.15) is 5.10 Å². The summed E-state index contributed by atoms with van der Waals surface area (Å²) >= 11 is 1.58. The van der Waals surface area contributed by atoms with E-state index in [2.05, 4.69) is 32.5 Å². The van der Waals surface area contributed by atoms with E-state index in [1.54, 1.807) is 28.4 Å². The van der Waals surface area contributed by atoms with Crippen LogP contribution in [-0.2, 0) is 13.0 Å². The van der Waals surface area contributed by atoms with Crippen LogP contribution in [-0.4, -0.2) is 36.9 Å². The molecule has 0 bridgehead atoms. The number of hydrogen-bond donors (Lipinski definition) is 1. The zero-order valence-electron chi connectivity index (χ0n) is 14.2. The molecule has 25 heavy (non-hydrogen) atoms. The Morgan fingerprint density at radius 1 is 1.36 bits per heavy atom. The molecule has 0 aliphatic carbocycles. The Kier molecular flexibility index (Phi) is 5.49. The smallest absolute Gasteiger partial charge is 0.251 e. The number of aryl methyl sites for hydroxylation is 1. The van der Waals surface area contributed by atoms with Gasteiger partial charge < -0.3 is 5.32 Å². The molecule has 3 rings (SSSR count). The maximum atomic E-state index is 12.5. The van der Waals surface area contributed by atoms with Crippen molar-refractivity contribution in [2.24, 2.45) is 0 Å². The molecule has 7 nitrogen and oxygen atoms in total. The van der Waals surface area contributed by atoms with Gasteiger partial charge in [0.25, 0.3) is 5.91 Å². The van der Waals surface area contributed by atoms with Crippen LogP contribution in [0.5, 0.6) is 0 Å². The van der Waals surface area contributed by atoms with Gasteiger partial charge in [-0.3, -0.25) is 9.48 Å². The van der Waals surface area contributed by atoms with Gasteiger partial charge in [0.15, 0.2) is 0 Å². The van der Waals surface area contributed by atoms with Crippen molar-refractivity contribution in [3.05, 3.63) is 47.5 Å². The number of carbonyl (C=O) groups is 1. The Labute approximate surface area is 150 Å². The summed E-state index contributed by atoms with van der Waals surface area (Å²) in [4.78, 5) is 16.4. The Balaban J connectivity index is 1.68. The molecule has 1 aromatic carbocycles. The van der Waals surface area contributed by atoms with Gasteiger partial charge in [-0.05, 0) is 25.5 Å². The van der Waals surface area contributed by atoms with E-state index in [4.69, 9.17) is 0 Å². The van der Waals surface area contributed by atoms with Gasteiger partial charge in [0.05, 0.1) is 6.54 Å². The first kappa shape index (κ1) is 17.2. The van der Waals surface area contributed by atoms with Crippen LogP contribution in [0.4, 0.5) is 0 Å². The fraction of sp³-hybridized carbons (Fsp3) is 0.353. The highest BCUT2D eigenvalue weighted by atomic mass is 32.1. The van der Waals surface area contributed by atoms with Crippen molar-refractivity contribution in [3.63, 3.8) is 0 Å². The van der Waals surface area contributed by atoms with Crippen LogP contribution < -0.4 is 5.32 Å². The van der Waals surface area contributed by atoms with Crippen molar-refractivity contribution < 1.29 is 4.79 Å². The van der Waals surface area contributed by atoms with Crippen molar-refractivity contribution in [2.45, 2.75) is 39.3 Å². The van der Waals surface area contributed by atoms with Crippen LogP contribution in [0.15, 0.2) is 36.9 Å². The number of nitrogens with zero attached hydrogens (tertiary/aromatic N) is 5. The largest absolute Gasteiger partial charge is 0.348 e. The Bertz CT molecular complexity index is 829. The van der Waals surface area contributed by atoms with E-state index in [9.17, 15) is 4.79 Å². The highest BCUT2D eigenvalue weighted by Crippen LogP contribution is 2.25. The van der Waals surface area contributed by atoms with E-state index in [-0.39, 0.29) is 11.9 Å². The van der Waals surface area contributed by atoms with Crippen molar-refractivity contribution in [3.8, 4) is 10.6 Å². The Morgan fingerprint density at radius 3 is 3.00 bits per heavy atom. The maximum Gasteiger partial charge on any atom is 0.251 e. The standard InChI is InChI=1S/C17H20N6OS/c1-3-5-15-21-22-17(25-15)14-7-4-6-13(8-14)16(24)20-12(2)9-23-11-18-10-19-23/h4,6-8,10-12H,3,5,9H2,1-2H3,(H,20,24)/t12-/m0/s1. The molecule has 0 aliphatic rings. The second-order valence-corrected chi connectivity index (χ2v) is 6.89. The summed E-state index contributed by atoms with van der Waals surface area (Å²) in [5.74, 6) is -0.118. The van der Waals surface area contributed by atoms with Crippen LogP contribution in [0.2, 0.25) is 0 Å². The number of benzene rings is 1. The van der Waals surface area contributed by atoms with Crippen LogP contribution in [0.3, 0.4) is 0 Å². The predicted octanol–water partition coefficient (Wildman–Crippen LogP) is 2.57. The molecule has 0 saturated heterocycles. The first-order valence-corrected chi connectivity index (χ1v) is 9.03. The lowest BCUT2D eigenvalue weighted by atomic mass is 10.1. The number of nitrogens with one attached hydrogen (secondary N) is 1.